The molecule has 0 spiro atoms. The number of nitrogens with zero attached hydrogens (tertiary/aromatic N) is 1. The maximum absolute atomic E-state index is 13.3. The van der Waals surface area contributed by atoms with Crippen LogP contribution >= 0.6 is 0 Å². The number of fused-ring (bicyclic) bond motifs is 1. The number of methoxy groups -OCH3 is 3. The monoisotopic (exact) mass is 460 g/mol. The zero-order chi connectivity index (χ0) is 23.5. The van der Waals surface area contributed by atoms with Crippen molar-refractivity contribution >= 4 is 21.5 Å². The molecule has 1 atom stereocenters. The molecular weight excluding hydrogens is 432 g/mol. The van der Waals surface area contributed by atoms with Crippen molar-refractivity contribution in [2.75, 3.05) is 27.9 Å². The number of nitrogens with one attached hydrogen (secondary N) is 1. The van der Waals surface area contributed by atoms with Gasteiger partial charge in [0.05, 0.1) is 26.2 Å². The van der Waals surface area contributed by atoms with E-state index in [-0.39, 0.29) is 18.0 Å². The van der Waals surface area contributed by atoms with Gasteiger partial charge in [0.2, 0.25) is 21.7 Å². The molecular formula is C23H28N2O6S. The van der Waals surface area contributed by atoms with Crippen molar-refractivity contribution in [3.05, 3.63) is 54.1 Å². The smallest absolute Gasteiger partial charge is 0.244 e. The van der Waals surface area contributed by atoms with E-state index < -0.39 is 22.0 Å². The Hall–Kier alpha value is -3.04. The standard InChI is InChI=1S/C23H28N2O6S/c1-15-10-11-25(32(27,28)21-9-7-6-8-18(15)21)16(2)23(26)24-14-17-12-19(29-3)22(31-5)20(13-17)30-4/h6-9,12-13,16H,1,10-11,14H2,2-5H3,(H,24,26)/t16-/m0/s1. The van der Waals surface area contributed by atoms with Crippen molar-refractivity contribution in [1.82, 2.24) is 9.62 Å². The summed E-state index contributed by atoms with van der Waals surface area (Å²) in [5, 5.41) is 2.81. The lowest BCUT2D eigenvalue weighted by molar-refractivity contribution is -0.124. The van der Waals surface area contributed by atoms with E-state index in [2.05, 4.69) is 11.9 Å². The van der Waals surface area contributed by atoms with Crippen LogP contribution in [-0.4, -0.2) is 52.5 Å². The highest BCUT2D eigenvalue weighted by molar-refractivity contribution is 7.89. The Morgan fingerprint density at radius 1 is 1.12 bits per heavy atom. The van der Waals surface area contributed by atoms with Gasteiger partial charge in [0.15, 0.2) is 11.5 Å². The Morgan fingerprint density at radius 3 is 2.34 bits per heavy atom. The average Bonchev–Trinajstić information content (AvgIpc) is 2.90. The van der Waals surface area contributed by atoms with E-state index >= 15 is 0 Å². The fourth-order valence-corrected chi connectivity index (χ4v) is 5.55. The Bertz CT molecular complexity index is 1100. The van der Waals surface area contributed by atoms with Gasteiger partial charge in [-0.2, -0.15) is 4.31 Å². The predicted molar refractivity (Wildman–Crippen MR) is 121 cm³/mol. The van der Waals surface area contributed by atoms with E-state index in [9.17, 15) is 13.2 Å². The number of benzene rings is 2. The van der Waals surface area contributed by atoms with Gasteiger partial charge in [-0.15, -0.1) is 0 Å². The summed E-state index contributed by atoms with van der Waals surface area (Å²) in [5.41, 5.74) is 2.05. The lowest BCUT2D eigenvalue weighted by atomic mass is 10.0. The number of carbonyl (C=O) groups is 1. The third kappa shape index (κ3) is 4.44. The summed E-state index contributed by atoms with van der Waals surface area (Å²) in [6.07, 6.45) is 0.445. The fourth-order valence-electron chi connectivity index (χ4n) is 3.72. The molecule has 1 heterocycles. The minimum Gasteiger partial charge on any atom is -0.493 e. The zero-order valence-electron chi connectivity index (χ0n) is 18.7. The molecule has 1 aliphatic heterocycles. The van der Waals surface area contributed by atoms with Crippen LogP contribution in [0.3, 0.4) is 0 Å². The van der Waals surface area contributed by atoms with E-state index in [1.807, 2.05) is 0 Å². The molecule has 0 saturated heterocycles. The van der Waals surface area contributed by atoms with Crippen LogP contribution in [0.15, 0.2) is 47.9 Å². The number of amides is 1. The molecule has 0 radical (unpaired) electrons. The van der Waals surface area contributed by atoms with Gasteiger partial charge in [-0.1, -0.05) is 24.8 Å². The maximum atomic E-state index is 13.3. The number of carbonyl (C=O) groups excluding carboxylic acids is 1. The van der Waals surface area contributed by atoms with Gasteiger partial charge >= 0.3 is 0 Å². The predicted octanol–water partition coefficient (Wildman–Crippen LogP) is 2.82. The third-order valence-corrected chi connectivity index (χ3v) is 7.52. The topological polar surface area (TPSA) is 94.2 Å². The summed E-state index contributed by atoms with van der Waals surface area (Å²) in [5.74, 6) is 0.976. The van der Waals surface area contributed by atoms with Crippen molar-refractivity contribution in [2.45, 2.75) is 30.8 Å². The second-order valence-corrected chi connectivity index (χ2v) is 9.25. The molecule has 0 bridgehead atoms. The maximum Gasteiger partial charge on any atom is 0.244 e. The summed E-state index contributed by atoms with van der Waals surface area (Å²) < 4.78 is 43.8. The average molecular weight is 461 g/mol. The first kappa shape index (κ1) is 23.6. The molecule has 0 aromatic heterocycles. The summed E-state index contributed by atoms with van der Waals surface area (Å²) in [7, 11) is 0.680. The van der Waals surface area contributed by atoms with Crippen LogP contribution in [-0.2, 0) is 21.4 Å². The second-order valence-electron chi connectivity index (χ2n) is 7.39. The Kier molecular flexibility index (Phi) is 7.10. The quantitative estimate of drug-likeness (QED) is 0.683. The van der Waals surface area contributed by atoms with Crippen molar-refractivity contribution in [3.8, 4) is 17.2 Å². The summed E-state index contributed by atoms with van der Waals surface area (Å²) >= 11 is 0. The molecule has 2 aromatic rings. The highest BCUT2D eigenvalue weighted by Gasteiger charge is 2.36. The Labute approximate surface area is 188 Å². The normalized spacial score (nSPS) is 16.4. The zero-order valence-corrected chi connectivity index (χ0v) is 19.5. The first-order valence-corrected chi connectivity index (χ1v) is 11.5. The first-order chi connectivity index (χ1) is 15.2. The summed E-state index contributed by atoms with van der Waals surface area (Å²) in [6, 6.07) is 9.30. The molecule has 0 fully saturated rings. The first-order valence-electron chi connectivity index (χ1n) is 10.1. The van der Waals surface area contributed by atoms with Gasteiger partial charge < -0.3 is 19.5 Å². The van der Waals surface area contributed by atoms with Crippen molar-refractivity contribution in [3.63, 3.8) is 0 Å². The lowest BCUT2D eigenvalue weighted by Crippen LogP contribution is -2.47. The molecule has 1 amide bonds. The van der Waals surface area contributed by atoms with Crippen LogP contribution in [0.25, 0.3) is 5.57 Å². The third-order valence-electron chi connectivity index (χ3n) is 5.49. The SMILES string of the molecule is C=C1CCN([C@@H](C)C(=O)NCc2cc(OC)c(OC)c(OC)c2)S(=O)(=O)c2ccccc21. The van der Waals surface area contributed by atoms with Crippen molar-refractivity contribution < 1.29 is 27.4 Å². The van der Waals surface area contributed by atoms with Crippen LogP contribution in [0.1, 0.15) is 24.5 Å². The molecule has 0 aliphatic carbocycles. The van der Waals surface area contributed by atoms with E-state index in [0.717, 1.165) is 11.1 Å². The van der Waals surface area contributed by atoms with Crippen molar-refractivity contribution in [1.29, 1.82) is 0 Å². The number of hydrogen-bond acceptors (Lipinski definition) is 6. The highest BCUT2D eigenvalue weighted by Crippen LogP contribution is 2.38. The molecule has 3 rings (SSSR count). The molecule has 1 N–H and O–H groups in total. The van der Waals surface area contributed by atoms with Crippen LogP contribution in [0.2, 0.25) is 0 Å². The lowest BCUT2D eigenvalue weighted by Gasteiger charge is -2.26. The van der Waals surface area contributed by atoms with Gasteiger partial charge in [-0.25, -0.2) is 8.42 Å². The number of hydrogen-bond donors (Lipinski definition) is 1. The Morgan fingerprint density at radius 2 is 1.75 bits per heavy atom. The Balaban J connectivity index is 1.80. The van der Waals surface area contributed by atoms with E-state index in [0.29, 0.717) is 29.2 Å². The van der Waals surface area contributed by atoms with Gasteiger partial charge in [0.25, 0.3) is 0 Å². The second kappa shape index (κ2) is 9.62. The minimum atomic E-state index is -3.85. The van der Waals surface area contributed by atoms with Crippen LogP contribution in [0.4, 0.5) is 0 Å². The molecule has 1 aliphatic rings. The number of rotatable bonds is 7. The molecule has 0 saturated carbocycles. The molecule has 32 heavy (non-hydrogen) atoms. The minimum absolute atomic E-state index is 0.164. The van der Waals surface area contributed by atoms with Crippen LogP contribution in [0, 0.1) is 0 Å². The van der Waals surface area contributed by atoms with Gasteiger partial charge in [-0.3, -0.25) is 4.79 Å². The van der Waals surface area contributed by atoms with Crippen LogP contribution in [0.5, 0.6) is 17.2 Å². The fraction of sp³-hybridized carbons (Fsp3) is 0.348. The van der Waals surface area contributed by atoms with E-state index in [1.165, 1.54) is 25.6 Å². The van der Waals surface area contributed by atoms with E-state index in [4.69, 9.17) is 14.2 Å². The summed E-state index contributed by atoms with van der Waals surface area (Å²) in [4.78, 5) is 13.1. The number of sulfonamides is 1. The number of ether oxygens (including phenoxy) is 3. The largest absolute Gasteiger partial charge is 0.493 e. The molecule has 172 valence electrons. The van der Waals surface area contributed by atoms with E-state index in [1.54, 1.807) is 43.3 Å². The molecule has 2 aromatic carbocycles. The van der Waals surface area contributed by atoms with Gasteiger partial charge in [0.1, 0.15) is 6.04 Å². The summed E-state index contributed by atoms with van der Waals surface area (Å²) in [6.45, 7) is 5.94. The molecule has 9 heteroatoms. The van der Waals surface area contributed by atoms with Crippen molar-refractivity contribution in [2.24, 2.45) is 0 Å². The molecule has 0 unspecified atom stereocenters. The van der Waals surface area contributed by atoms with Gasteiger partial charge in [0, 0.05) is 13.1 Å². The molecule has 8 nitrogen and oxygen atoms in total. The highest BCUT2D eigenvalue weighted by atomic mass is 32.2. The van der Waals surface area contributed by atoms with Crippen LogP contribution < -0.4 is 19.5 Å². The van der Waals surface area contributed by atoms with Gasteiger partial charge in [-0.05, 0) is 48.2 Å².